The van der Waals surface area contributed by atoms with Gasteiger partial charge in [0.1, 0.15) is 0 Å². The van der Waals surface area contributed by atoms with Crippen LogP contribution in [0.2, 0.25) is 5.02 Å². The van der Waals surface area contributed by atoms with Crippen LogP contribution in [0.3, 0.4) is 0 Å². The van der Waals surface area contributed by atoms with E-state index in [4.69, 9.17) is 21.1 Å². The number of nitrogens with zero attached hydrogens (tertiary/aromatic N) is 1. The first-order valence-electron chi connectivity index (χ1n) is 6.37. The maximum absolute atomic E-state index is 6.05. The third-order valence-electron chi connectivity index (χ3n) is 2.78. The monoisotopic (exact) mass is 292 g/mol. The van der Waals surface area contributed by atoms with Gasteiger partial charge in [-0.05, 0) is 30.7 Å². The maximum atomic E-state index is 6.05. The van der Waals surface area contributed by atoms with Crippen molar-refractivity contribution in [2.45, 2.75) is 13.5 Å². The van der Waals surface area contributed by atoms with Crippen molar-refractivity contribution in [3.8, 4) is 11.5 Å². The van der Waals surface area contributed by atoms with Crippen LogP contribution in [0, 0.1) is 0 Å². The van der Waals surface area contributed by atoms with E-state index >= 15 is 0 Å². The number of hydrogen-bond acceptors (Lipinski definition) is 4. The Labute approximate surface area is 123 Å². The molecule has 4 nitrogen and oxygen atoms in total. The second kappa shape index (κ2) is 7.01. The quantitative estimate of drug-likeness (QED) is 0.880. The van der Waals surface area contributed by atoms with E-state index in [-0.39, 0.29) is 0 Å². The molecule has 1 N–H and O–H groups in total. The number of halogens is 1. The van der Waals surface area contributed by atoms with Crippen LogP contribution in [0.15, 0.2) is 36.7 Å². The summed E-state index contributed by atoms with van der Waals surface area (Å²) in [6.07, 6.45) is 3.32. The first kappa shape index (κ1) is 14.5. The molecule has 0 atom stereocenters. The largest absolute Gasteiger partial charge is 0.493 e. The van der Waals surface area contributed by atoms with Crippen molar-refractivity contribution < 1.29 is 9.47 Å². The molecule has 0 aliphatic carbocycles. The van der Waals surface area contributed by atoms with Gasteiger partial charge in [-0.15, -0.1) is 0 Å². The van der Waals surface area contributed by atoms with Crippen LogP contribution < -0.4 is 14.8 Å². The Morgan fingerprint density at radius 3 is 2.80 bits per heavy atom. The highest BCUT2D eigenvalue weighted by atomic mass is 35.5. The van der Waals surface area contributed by atoms with E-state index in [1.807, 2.05) is 31.2 Å². The average Bonchev–Trinajstić information content (AvgIpc) is 2.48. The normalized spacial score (nSPS) is 10.2. The molecule has 0 saturated carbocycles. The standard InChI is InChI=1S/C15H17ClN2O2/c1-3-20-14-5-4-11(8-15(14)19-2)9-18-13-6-7-17-10-12(13)16/h4-8,10H,3,9H2,1-2H3,(H,17,18). The zero-order chi connectivity index (χ0) is 14.4. The summed E-state index contributed by atoms with van der Waals surface area (Å²) in [6.45, 7) is 3.20. The minimum Gasteiger partial charge on any atom is -0.493 e. The molecule has 0 bridgehead atoms. The predicted octanol–water partition coefficient (Wildman–Crippen LogP) is 3.75. The Kier molecular flexibility index (Phi) is 5.07. The fourth-order valence-corrected chi connectivity index (χ4v) is 2.00. The summed E-state index contributed by atoms with van der Waals surface area (Å²) >= 11 is 6.05. The number of pyridine rings is 1. The molecular formula is C15H17ClN2O2. The van der Waals surface area contributed by atoms with Crippen molar-refractivity contribution in [1.29, 1.82) is 0 Å². The topological polar surface area (TPSA) is 43.4 Å². The lowest BCUT2D eigenvalue weighted by Gasteiger charge is -2.12. The zero-order valence-corrected chi connectivity index (χ0v) is 12.3. The number of nitrogens with one attached hydrogen (secondary N) is 1. The molecule has 0 unspecified atom stereocenters. The number of ether oxygens (including phenoxy) is 2. The summed E-state index contributed by atoms with van der Waals surface area (Å²) in [7, 11) is 1.63. The van der Waals surface area contributed by atoms with Crippen molar-refractivity contribution >= 4 is 17.3 Å². The Morgan fingerprint density at radius 1 is 1.25 bits per heavy atom. The number of hydrogen-bond donors (Lipinski definition) is 1. The van der Waals surface area contributed by atoms with Crippen LogP contribution in [0.1, 0.15) is 12.5 Å². The van der Waals surface area contributed by atoms with Gasteiger partial charge in [-0.3, -0.25) is 4.98 Å². The fourth-order valence-electron chi connectivity index (χ4n) is 1.81. The minimum absolute atomic E-state index is 0.602. The first-order chi connectivity index (χ1) is 9.74. The van der Waals surface area contributed by atoms with Crippen LogP contribution in [-0.4, -0.2) is 18.7 Å². The molecule has 0 saturated heterocycles. The second-order valence-electron chi connectivity index (χ2n) is 4.13. The van der Waals surface area contributed by atoms with Gasteiger partial charge in [0.05, 0.1) is 24.4 Å². The van der Waals surface area contributed by atoms with Gasteiger partial charge in [-0.1, -0.05) is 17.7 Å². The molecule has 5 heteroatoms. The van der Waals surface area contributed by atoms with Crippen molar-refractivity contribution in [2.24, 2.45) is 0 Å². The van der Waals surface area contributed by atoms with E-state index in [0.717, 1.165) is 22.7 Å². The van der Waals surface area contributed by atoms with Gasteiger partial charge in [0.2, 0.25) is 0 Å². The third-order valence-corrected chi connectivity index (χ3v) is 3.08. The molecule has 2 aromatic rings. The summed E-state index contributed by atoms with van der Waals surface area (Å²) in [4.78, 5) is 3.95. The van der Waals surface area contributed by atoms with Gasteiger partial charge in [0.15, 0.2) is 11.5 Å². The van der Waals surface area contributed by atoms with E-state index in [1.54, 1.807) is 19.5 Å². The highest BCUT2D eigenvalue weighted by Crippen LogP contribution is 2.28. The third kappa shape index (κ3) is 3.54. The zero-order valence-electron chi connectivity index (χ0n) is 11.5. The van der Waals surface area contributed by atoms with Gasteiger partial charge in [0.25, 0.3) is 0 Å². The average molecular weight is 293 g/mol. The van der Waals surface area contributed by atoms with Crippen molar-refractivity contribution in [3.63, 3.8) is 0 Å². The Hall–Kier alpha value is -1.94. The number of anilines is 1. The van der Waals surface area contributed by atoms with Crippen molar-refractivity contribution in [1.82, 2.24) is 4.98 Å². The van der Waals surface area contributed by atoms with E-state index in [0.29, 0.717) is 18.2 Å². The minimum atomic E-state index is 0.602. The molecule has 1 heterocycles. The molecule has 0 fully saturated rings. The molecule has 1 aromatic heterocycles. The highest BCUT2D eigenvalue weighted by molar-refractivity contribution is 6.33. The van der Waals surface area contributed by atoms with Gasteiger partial charge in [0, 0.05) is 18.9 Å². The summed E-state index contributed by atoms with van der Waals surface area (Å²) < 4.78 is 10.8. The van der Waals surface area contributed by atoms with Crippen molar-refractivity contribution in [3.05, 3.63) is 47.2 Å². The molecule has 1 aromatic carbocycles. The smallest absolute Gasteiger partial charge is 0.161 e. The Balaban J connectivity index is 2.08. The Morgan fingerprint density at radius 2 is 2.10 bits per heavy atom. The lowest BCUT2D eigenvalue weighted by Crippen LogP contribution is -2.02. The maximum Gasteiger partial charge on any atom is 0.161 e. The van der Waals surface area contributed by atoms with Crippen LogP contribution in [-0.2, 0) is 6.54 Å². The fraction of sp³-hybridized carbons (Fsp3) is 0.267. The van der Waals surface area contributed by atoms with Gasteiger partial charge in [-0.2, -0.15) is 0 Å². The molecule has 0 aliphatic heterocycles. The molecular weight excluding hydrogens is 276 g/mol. The first-order valence-corrected chi connectivity index (χ1v) is 6.75. The Bertz CT molecular complexity index is 576. The van der Waals surface area contributed by atoms with E-state index < -0.39 is 0 Å². The number of rotatable bonds is 6. The summed E-state index contributed by atoms with van der Waals surface area (Å²) in [5, 5.41) is 3.87. The molecule has 2 rings (SSSR count). The van der Waals surface area contributed by atoms with Crippen LogP contribution in [0.25, 0.3) is 0 Å². The van der Waals surface area contributed by atoms with Gasteiger partial charge < -0.3 is 14.8 Å². The van der Waals surface area contributed by atoms with E-state index in [1.165, 1.54) is 0 Å². The number of benzene rings is 1. The molecule has 106 valence electrons. The number of aromatic nitrogens is 1. The number of methoxy groups -OCH3 is 1. The SMILES string of the molecule is CCOc1ccc(CNc2ccncc2Cl)cc1OC. The summed E-state index contributed by atoms with van der Waals surface area (Å²) in [5.41, 5.74) is 1.94. The van der Waals surface area contributed by atoms with Crippen molar-refractivity contribution in [2.75, 3.05) is 19.0 Å². The van der Waals surface area contributed by atoms with Crippen LogP contribution >= 0.6 is 11.6 Å². The molecule has 0 radical (unpaired) electrons. The lowest BCUT2D eigenvalue weighted by molar-refractivity contribution is 0.310. The van der Waals surface area contributed by atoms with E-state index in [2.05, 4.69) is 10.3 Å². The molecule has 20 heavy (non-hydrogen) atoms. The van der Waals surface area contributed by atoms with Gasteiger partial charge in [-0.25, -0.2) is 0 Å². The van der Waals surface area contributed by atoms with Crippen LogP contribution in [0.5, 0.6) is 11.5 Å². The van der Waals surface area contributed by atoms with Gasteiger partial charge >= 0.3 is 0 Å². The molecule has 0 aliphatic rings. The van der Waals surface area contributed by atoms with Crippen LogP contribution in [0.4, 0.5) is 5.69 Å². The molecule has 0 amide bonds. The summed E-state index contributed by atoms with van der Waals surface area (Å²) in [5.74, 6) is 1.48. The summed E-state index contributed by atoms with van der Waals surface area (Å²) in [6, 6.07) is 7.70. The molecule has 0 spiro atoms. The predicted molar refractivity (Wildman–Crippen MR) is 80.7 cm³/mol. The van der Waals surface area contributed by atoms with E-state index in [9.17, 15) is 0 Å². The lowest BCUT2D eigenvalue weighted by atomic mass is 10.2. The second-order valence-corrected chi connectivity index (χ2v) is 4.53. The highest BCUT2D eigenvalue weighted by Gasteiger charge is 2.06.